The average molecular weight is 289 g/mol. The SMILES string of the molecule is CCCCOC(C)(OCCCC)OC(=O)CCC(=O)[O-]. The Balaban J connectivity index is 4.33. The molecular weight excluding hydrogens is 264 g/mol. The summed E-state index contributed by atoms with van der Waals surface area (Å²) in [6.45, 7) is 6.38. The van der Waals surface area contributed by atoms with E-state index in [1.165, 1.54) is 6.92 Å². The first-order valence-electron chi connectivity index (χ1n) is 7.13. The normalized spacial score (nSPS) is 11.3. The van der Waals surface area contributed by atoms with Crippen molar-refractivity contribution in [2.24, 2.45) is 0 Å². The van der Waals surface area contributed by atoms with E-state index < -0.39 is 17.9 Å². The number of esters is 1. The number of carbonyl (C=O) groups excluding carboxylic acids is 2. The largest absolute Gasteiger partial charge is 0.550 e. The highest BCUT2D eigenvalue weighted by Gasteiger charge is 2.30. The zero-order valence-corrected chi connectivity index (χ0v) is 12.6. The summed E-state index contributed by atoms with van der Waals surface area (Å²) in [5.41, 5.74) is 0. The van der Waals surface area contributed by atoms with E-state index in [2.05, 4.69) is 0 Å². The Hall–Kier alpha value is -1.14. The molecule has 0 bridgehead atoms. The van der Waals surface area contributed by atoms with Crippen LogP contribution >= 0.6 is 0 Å². The number of carboxylic acids is 1. The third-order valence-corrected chi connectivity index (χ3v) is 2.56. The van der Waals surface area contributed by atoms with Crippen LogP contribution in [0.3, 0.4) is 0 Å². The van der Waals surface area contributed by atoms with Gasteiger partial charge in [0, 0.05) is 12.9 Å². The summed E-state index contributed by atoms with van der Waals surface area (Å²) in [5.74, 6) is -3.42. The van der Waals surface area contributed by atoms with E-state index in [1.807, 2.05) is 13.8 Å². The Kier molecular flexibility index (Phi) is 10.0. The van der Waals surface area contributed by atoms with Crippen LogP contribution in [0.25, 0.3) is 0 Å². The third kappa shape index (κ3) is 9.75. The highest BCUT2D eigenvalue weighted by Crippen LogP contribution is 2.17. The summed E-state index contributed by atoms with van der Waals surface area (Å²) >= 11 is 0. The standard InChI is InChI=1S/C14H26O6/c1-4-6-10-18-14(3,19-11-7-5-2)20-13(17)9-8-12(15)16/h4-11H2,1-3H3,(H,15,16)/p-1. The summed E-state index contributed by atoms with van der Waals surface area (Å²) in [6.07, 6.45) is 2.91. The summed E-state index contributed by atoms with van der Waals surface area (Å²) in [7, 11) is 0. The molecule has 0 aliphatic rings. The Morgan fingerprint density at radius 1 is 1.00 bits per heavy atom. The summed E-state index contributed by atoms with van der Waals surface area (Å²) in [6, 6.07) is 0. The quantitative estimate of drug-likeness (QED) is 0.306. The molecule has 0 heterocycles. The molecule has 0 atom stereocenters. The molecular formula is C14H25O6-. The maximum absolute atomic E-state index is 11.6. The molecule has 0 amide bonds. The highest BCUT2D eigenvalue weighted by molar-refractivity contribution is 5.75. The van der Waals surface area contributed by atoms with Crippen LogP contribution in [0.1, 0.15) is 59.3 Å². The van der Waals surface area contributed by atoms with Crippen LogP contribution in [0, 0.1) is 0 Å². The second-order valence-corrected chi connectivity index (χ2v) is 4.61. The van der Waals surface area contributed by atoms with Gasteiger partial charge in [0.15, 0.2) is 0 Å². The second kappa shape index (κ2) is 10.6. The molecule has 0 N–H and O–H groups in total. The molecule has 0 aromatic carbocycles. The number of carboxylic acid groups (broad SMARTS) is 1. The van der Waals surface area contributed by atoms with Gasteiger partial charge in [-0.1, -0.05) is 26.7 Å². The molecule has 0 saturated carbocycles. The minimum absolute atomic E-state index is 0.258. The van der Waals surface area contributed by atoms with Gasteiger partial charge in [-0.15, -0.1) is 0 Å². The Morgan fingerprint density at radius 2 is 1.50 bits per heavy atom. The van der Waals surface area contributed by atoms with Crippen molar-refractivity contribution in [1.29, 1.82) is 0 Å². The predicted octanol–water partition coefficient (Wildman–Crippen LogP) is 1.37. The van der Waals surface area contributed by atoms with Crippen molar-refractivity contribution in [2.45, 2.75) is 65.3 Å². The van der Waals surface area contributed by atoms with Gasteiger partial charge in [-0.2, -0.15) is 0 Å². The van der Waals surface area contributed by atoms with E-state index in [0.29, 0.717) is 13.2 Å². The lowest BCUT2D eigenvalue weighted by molar-refractivity contribution is -0.353. The number of aliphatic carboxylic acids is 1. The molecule has 0 aliphatic carbocycles. The molecule has 0 aromatic rings. The second-order valence-electron chi connectivity index (χ2n) is 4.61. The fourth-order valence-corrected chi connectivity index (χ4v) is 1.37. The van der Waals surface area contributed by atoms with Gasteiger partial charge in [0.25, 0.3) is 0 Å². The van der Waals surface area contributed by atoms with Gasteiger partial charge in [-0.05, 0) is 19.3 Å². The number of hydrogen-bond donors (Lipinski definition) is 0. The van der Waals surface area contributed by atoms with Crippen molar-refractivity contribution in [1.82, 2.24) is 0 Å². The van der Waals surface area contributed by atoms with Crippen LogP contribution < -0.4 is 5.11 Å². The molecule has 0 unspecified atom stereocenters. The zero-order valence-electron chi connectivity index (χ0n) is 12.6. The maximum atomic E-state index is 11.6. The molecule has 6 nitrogen and oxygen atoms in total. The predicted molar refractivity (Wildman–Crippen MR) is 70.5 cm³/mol. The molecule has 0 spiro atoms. The minimum atomic E-state index is -1.45. The van der Waals surface area contributed by atoms with Crippen molar-refractivity contribution in [3.8, 4) is 0 Å². The number of unbranched alkanes of at least 4 members (excludes halogenated alkanes) is 2. The number of carbonyl (C=O) groups is 2. The van der Waals surface area contributed by atoms with Crippen molar-refractivity contribution in [3.05, 3.63) is 0 Å². The summed E-state index contributed by atoms with van der Waals surface area (Å²) in [4.78, 5) is 21.9. The van der Waals surface area contributed by atoms with Crippen LogP contribution in [0.15, 0.2) is 0 Å². The third-order valence-electron chi connectivity index (χ3n) is 2.56. The minimum Gasteiger partial charge on any atom is -0.550 e. The topological polar surface area (TPSA) is 84.9 Å². The van der Waals surface area contributed by atoms with E-state index in [4.69, 9.17) is 14.2 Å². The fraction of sp³-hybridized carbons (Fsp3) is 0.857. The first-order chi connectivity index (χ1) is 9.43. The summed E-state index contributed by atoms with van der Waals surface area (Å²) in [5, 5.41) is 10.3. The smallest absolute Gasteiger partial charge is 0.326 e. The van der Waals surface area contributed by atoms with E-state index in [9.17, 15) is 14.7 Å². The van der Waals surface area contributed by atoms with Gasteiger partial charge >= 0.3 is 11.9 Å². The van der Waals surface area contributed by atoms with Gasteiger partial charge in [-0.3, -0.25) is 4.79 Å². The van der Waals surface area contributed by atoms with Crippen molar-refractivity contribution in [3.63, 3.8) is 0 Å². The summed E-state index contributed by atoms with van der Waals surface area (Å²) < 4.78 is 16.0. The van der Waals surface area contributed by atoms with E-state index in [1.54, 1.807) is 0 Å². The molecule has 0 rings (SSSR count). The van der Waals surface area contributed by atoms with Crippen molar-refractivity contribution in [2.75, 3.05) is 13.2 Å². The Labute approximate surface area is 120 Å². The lowest BCUT2D eigenvalue weighted by atomic mass is 10.3. The van der Waals surface area contributed by atoms with Gasteiger partial charge in [0.2, 0.25) is 0 Å². The number of rotatable bonds is 12. The molecule has 0 aromatic heterocycles. The van der Waals surface area contributed by atoms with Gasteiger partial charge < -0.3 is 24.1 Å². The van der Waals surface area contributed by atoms with Crippen LogP contribution in [0.5, 0.6) is 0 Å². The first-order valence-corrected chi connectivity index (χ1v) is 7.13. The van der Waals surface area contributed by atoms with Gasteiger partial charge in [0.1, 0.15) is 0 Å². The van der Waals surface area contributed by atoms with Crippen molar-refractivity contribution < 1.29 is 28.9 Å². The Morgan fingerprint density at radius 3 is 1.90 bits per heavy atom. The monoisotopic (exact) mass is 289 g/mol. The maximum Gasteiger partial charge on any atom is 0.326 e. The molecule has 0 saturated heterocycles. The zero-order chi connectivity index (χ0) is 15.4. The molecule has 0 fully saturated rings. The van der Waals surface area contributed by atoms with E-state index >= 15 is 0 Å². The average Bonchev–Trinajstić information content (AvgIpc) is 2.37. The van der Waals surface area contributed by atoms with Crippen LogP contribution in [0.4, 0.5) is 0 Å². The number of hydrogen-bond acceptors (Lipinski definition) is 6. The van der Waals surface area contributed by atoms with Crippen LogP contribution in [-0.4, -0.2) is 31.1 Å². The lowest BCUT2D eigenvalue weighted by Crippen LogP contribution is -2.39. The van der Waals surface area contributed by atoms with Gasteiger partial charge in [0.05, 0.1) is 19.6 Å². The molecule has 118 valence electrons. The Bertz CT molecular complexity index is 279. The molecule has 0 radical (unpaired) electrons. The fourth-order valence-electron chi connectivity index (χ4n) is 1.37. The lowest BCUT2D eigenvalue weighted by Gasteiger charge is -2.29. The molecule has 20 heavy (non-hydrogen) atoms. The van der Waals surface area contributed by atoms with E-state index in [0.717, 1.165) is 25.7 Å². The highest BCUT2D eigenvalue weighted by atomic mass is 16.9. The van der Waals surface area contributed by atoms with Gasteiger partial charge in [-0.25, -0.2) is 0 Å². The van der Waals surface area contributed by atoms with Crippen molar-refractivity contribution >= 4 is 11.9 Å². The van der Waals surface area contributed by atoms with Crippen LogP contribution in [-0.2, 0) is 23.8 Å². The molecule has 6 heteroatoms. The number of ether oxygens (including phenoxy) is 3. The first kappa shape index (κ1) is 18.9. The molecule has 0 aliphatic heterocycles. The van der Waals surface area contributed by atoms with E-state index in [-0.39, 0.29) is 12.8 Å². The van der Waals surface area contributed by atoms with Crippen LogP contribution in [0.2, 0.25) is 0 Å².